The van der Waals surface area contributed by atoms with E-state index in [0.29, 0.717) is 57.9 Å². The zero-order valence-electron chi connectivity index (χ0n) is 74.2. The smallest absolute Gasteiger partial charge is 0.433 e. The Morgan fingerprint density at radius 2 is 0.970 bits per heavy atom. The number of anilines is 2. The Morgan fingerprint density at radius 1 is 0.478 bits per heavy atom. The molecule has 38 nitrogen and oxygen atoms in total. The van der Waals surface area contributed by atoms with Gasteiger partial charge >= 0.3 is 12.4 Å². The largest absolute Gasteiger partial charge is 0.493 e. The molecular weight excluding hydrogens is 1780 g/mol. The fraction of sp³-hybridized carbons (Fsp3) is 0.556. The number of aromatic amines is 1. The number of nitrogens with zero attached hydrogens (tertiary/aromatic N) is 8. The van der Waals surface area contributed by atoms with Gasteiger partial charge in [-0.3, -0.25) is 34.0 Å². The van der Waals surface area contributed by atoms with E-state index in [-0.39, 0.29) is 241 Å². The van der Waals surface area contributed by atoms with Crippen molar-refractivity contribution in [3.8, 4) is 28.0 Å². The lowest BCUT2D eigenvalue weighted by Gasteiger charge is -2.37. The lowest BCUT2D eigenvalue weighted by Crippen LogP contribution is -2.57. The molecule has 3 aromatic carbocycles. The first-order valence-corrected chi connectivity index (χ1v) is 44.3. The van der Waals surface area contributed by atoms with Crippen molar-refractivity contribution >= 4 is 57.2 Å². The number of rotatable bonds is 61. The lowest BCUT2D eigenvalue weighted by atomic mass is 9.98. The van der Waals surface area contributed by atoms with Crippen LogP contribution in [-0.4, -0.2) is 374 Å². The Morgan fingerprint density at radius 3 is 1.51 bits per heavy atom. The van der Waals surface area contributed by atoms with Gasteiger partial charge in [-0.25, -0.2) is 19.9 Å². The van der Waals surface area contributed by atoms with Crippen LogP contribution in [0.1, 0.15) is 35.4 Å². The molecule has 0 radical (unpaired) electrons. The average molecular weight is 1890 g/mol. The van der Waals surface area contributed by atoms with Crippen molar-refractivity contribution in [2.75, 3.05) is 242 Å². The molecule has 0 spiro atoms. The molecule has 734 valence electrons. The van der Waals surface area contributed by atoms with E-state index in [1.165, 1.54) is 0 Å². The molecule has 8 heterocycles. The van der Waals surface area contributed by atoms with Gasteiger partial charge in [0.15, 0.2) is 0 Å². The molecule has 3 aliphatic heterocycles. The van der Waals surface area contributed by atoms with Gasteiger partial charge in [-0.15, -0.1) is 0 Å². The predicted molar refractivity (Wildman–Crippen MR) is 470 cm³/mol. The van der Waals surface area contributed by atoms with Crippen LogP contribution < -0.4 is 31.3 Å². The number of pyridine rings is 2. The van der Waals surface area contributed by atoms with Crippen molar-refractivity contribution in [1.82, 2.24) is 60.6 Å². The van der Waals surface area contributed by atoms with Crippen LogP contribution in [0.25, 0.3) is 43.9 Å². The number of aromatic nitrogens is 7. The molecule has 5 aromatic heterocycles. The van der Waals surface area contributed by atoms with Crippen molar-refractivity contribution in [2.45, 2.75) is 92.9 Å². The summed E-state index contributed by atoms with van der Waals surface area (Å²) in [6, 6.07) is 23.9. The van der Waals surface area contributed by atoms with Crippen LogP contribution in [0.2, 0.25) is 0 Å². The van der Waals surface area contributed by atoms with E-state index in [4.69, 9.17) is 75.8 Å². The number of alkyl halides is 6. The molecule has 8 atom stereocenters. The average Bonchev–Trinajstić information content (AvgIpc) is 1.74. The van der Waals surface area contributed by atoms with Gasteiger partial charge in [0, 0.05) is 136 Å². The number of H-pyrrole nitrogens is 1. The van der Waals surface area contributed by atoms with Gasteiger partial charge in [-0.2, -0.15) is 26.3 Å². The summed E-state index contributed by atoms with van der Waals surface area (Å²) < 4.78 is 169. The highest BCUT2D eigenvalue weighted by molar-refractivity contribution is 5.97. The Hall–Kier alpha value is -10.0. The number of aliphatic hydroxyl groups excluding tert-OH is 4. The van der Waals surface area contributed by atoms with Crippen LogP contribution in [-0.2, 0) is 116 Å². The van der Waals surface area contributed by atoms with Crippen molar-refractivity contribution < 1.29 is 142 Å². The first kappa shape index (κ1) is 104. The van der Waals surface area contributed by atoms with E-state index in [1.807, 2.05) is 30.7 Å². The van der Waals surface area contributed by atoms with Gasteiger partial charge < -0.3 is 133 Å². The summed E-state index contributed by atoms with van der Waals surface area (Å²) in [5.41, 5.74) is 5.10. The summed E-state index contributed by atoms with van der Waals surface area (Å²) in [5.74, 6) is -1.22. The Bertz CT molecular complexity index is 4670. The van der Waals surface area contributed by atoms with E-state index in [1.54, 1.807) is 17.3 Å². The molecule has 0 aliphatic carbocycles. The quantitative estimate of drug-likeness (QED) is 0.0188. The maximum absolute atomic E-state index is 13.3. The molecule has 8 aromatic rings. The summed E-state index contributed by atoms with van der Waals surface area (Å²) in [5, 5.41) is 59.0. The van der Waals surface area contributed by atoms with E-state index >= 15 is 0 Å². The molecule has 11 rings (SSSR count). The number of piperazine rings is 1. The van der Waals surface area contributed by atoms with Crippen LogP contribution in [0.15, 0.2) is 128 Å². The fourth-order valence-corrected chi connectivity index (χ4v) is 14.3. The summed E-state index contributed by atoms with van der Waals surface area (Å²) >= 11 is 0. The first-order chi connectivity index (χ1) is 65.1. The van der Waals surface area contributed by atoms with Crippen LogP contribution in [0.3, 0.4) is 0 Å². The summed E-state index contributed by atoms with van der Waals surface area (Å²) in [6.07, 6.45) is -5.01. The minimum absolute atomic E-state index is 0.00389. The minimum atomic E-state index is -4.69. The number of carbonyl (C=O) groups is 4. The zero-order valence-corrected chi connectivity index (χ0v) is 74.2. The molecule has 0 saturated carbocycles. The number of amides is 4. The van der Waals surface area contributed by atoms with Gasteiger partial charge in [0.25, 0.3) is 0 Å². The molecule has 10 N–H and O–H groups in total. The number of aliphatic hydroxyl groups is 4. The SMILES string of the molecule is O=C(CCOCC(COCCC(=O)NCCOCCOCCOCCOC[C@H]1OC[C@H](Nc2nccc(C(F)(F)F)n2)[C@@H](O)[C@H]1O)NC(=O)COCCOCCOCC(=O)N1CCN(Cc2ccc(-c3c[nH]c4ccncc34)c(OCCc3ccc(-c4cccc5ccncc45)cc3)c2)CC1)NCCOCCOCCOCCOC[C@H]1OC[C@H](Nc2nccc(C(F)(F)F)n2)[C@@H](O)[C@H]1O. The summed E-state index contributed by atoms with van der Waals surface area (Å²) in [7, 11) is 0. The Balaban J connectivity index is 0.515. The first-order valence-electron chi connectivity index (χ1n) is 44.3. The monoisotopic (exact) mass is 1890 g/mol. The maximum atomic E-state index is 13.3. The predicted octanol–water partition coefficient (Wildman–Crippen LogP) is 4.24. The third-order valence-electron chi connectivity index (χ3n) is 21.4. The van der Waals surface area contributed by atoms with Gasteiger partial charge in [0.05, 0.1) is 197 Å². The second-order valence-corrected chi connectivity index (χ2v) is 31.2. The molecular formula is C90H118F6N14O24. The number of ether oxygens (including phenoxy) is 16. The number of fused-ring (bicyclic) bond motifs is 2. The Kier molecular flexibility index (Phi) is 44.0. The summed E-state index contributed by atoms with van der Waals surface area (Å²) in [6.45, 7) is 6.38. The van der Waals surface area contributed by atoms with Crippen LogP contribution >= 0.6 is 0 Å². The van der Waals surface area contributed by atoms with E-state index in [2.05, 4.69) is 127 Å². The molecule has 3 saturated heterocycles. The number of carbonyl (C=O) groups excluding carboxylic acids is 4. The highest BCUT2D eigenvalue weighted by Crippen LogP contribution is 2.38. The standard InChI is InChI=1S/C90H118F6N14O24/c91-89(92,93)77-12-19-101-87(107-77)105-72-55-133-75(85(117)83(72)115)57-128-44-40-123-38-36-121-34-32-119-30-21-99-79(111)15-27-126-53-65(54-127-28-16-80(112)100-22-31-120-33-35-122-37-39-124-41-45-129-58-76-86(118)84(116)73(56-134-76)106-88-102-20-13-78(108-88)90(94,95)96)104-81(113)59-130-46-42-125-43-47-131-60-82(114)110-25-23-109(24-26-110)52-62-6-9-67(69-51-103-71-11-18-98-50-70(69)71)74(48-62)132-29-14-61-4-7-64(8-5-61)66-3-1-2-63-10-17-97-49-68(63)66/h1-13,17-20,48-51,65,72-73,75-76,83-86,103,115-118H,14-16,21-47,52-60H2,(H,99,111)(H,100,112)(H,104,113)(H,101,105,107)(H,102,106,108)/t72-,73-,75+,76+,83+,84+,85-,86-/m0/s1. The number of benzene rings is 3. The normalized spacial score (nSPS) is 18.5. The highest BCUT2D eigenvalue weighted by Gasteiger charge is 2.42. The third kappa shape index (κ3) is 35.6. The number of nitrogens with one attached hydrogen (secondary N) is 6. The van der Waals surface area contributed by atoms with Crippen LogP contribution in [0.4, 0.5) is 38.2 Å². The highest BCUT2D eigenvalue weighted by atomic mass is 19.4. The molecule has 3 fully saturated rings. The number of hydrogen-bond donors (Lipinski definition) is 10. The van der Waals surface area contributed by atoms with Crippen molar-refractivity contribution in [2.24, 2.45) is 0 Å². The second kappa shape index (κ2) is 56.5. The molecule has 134 heavy (non-hydrogen) atoms. The summed E-state index contributed by atoms with van der Waals surface area (Å²) in [4.78, 5) is 82.4. The molecule has 3 aliphatic rings. The van der Waals surface area contributed by atoms with Gasteiger partial charge in [0.2, 0.25) is 35.5 Å². The number of halogens is 6. The van der Waals surface area contributed by atoms with Crippen LogP contribution in [0, 0.1) is 0 Å². The topological polar surface area (TPSA) is 457 Å². The number of hydrogen-bond acceptors (Lipinski definition) is 33. The van der Waals surface area contributed by atoms with Gasteiger partial charge in [0.1, 0.15) is 67.0 Å². The second-order valence-electron chi connectivity index (χ2n) is 31.2. The lowest BCUT2D eigenvalue weighted by molar-refractivity contribution is -0.161. The maximum Gasteiger partial charge on any atom is 0.433 e. The fourth-order valence-electron chi connectivity index (χ4n) is 14.3. The van der Waals surface area contributed by atoms with Crippen molar-refractivity contribution in [1.29, 1.82) is 0 Å². The molecule has 0 unspecified atom stereocenters. The van der Waals surface area contributed by atoms with Gasteiger partial charge in [-0.05, 0) is 58.0 Å². The van der Waals surface area contributed by atoms with Crippen molar-refractivity contribution in [3.05, 3.63) is 151 Å². The van der Waals surface area contributed by atoms with Gasteiger partial charge in [-0.1, -0.05) is 54.6 Å². The minimum Gasteiger partial charge on any atom is -0.493 e. The zero-order chi connectivity index (χ0) is 94.5. The Labute approximate surface area is 769 Å². The van der Waals surface area contributed by atoms with E-state index < -0.39 is 84.4 Å². The third-order valence-corrected chi connectivity index (χ3v) is 21.4. The molecule has 4 amide bonds. The molecule has 44 heteroatoms. The van der Waals surface area contributed by atoms with Crippen LogP contribution in [0.5, 0.6) is 5.75 Å². The van der Waals surface area contributed by atoms with Crippen molar-refractivity contribution in [3.63, 3.8) is 0 Å². The molecule has 0 bridgehead atoms. The van der Waals surface area contributed by atoms with E-state index in [0.717, 1.165) is 73.2 Å². The van der Waals surface area contributed by atoms with E-state index in [9.17, 15) is 65.9 Å².